The minimum atomic E-state index is -4.54. The van der Waals surface area contributed by atoms with Gasteiger partial charge in [-0.05, 0) is 42.8 Å². The number of pyridine rings is 2. The summed E-state index contributed by atoms with van der Waals surface area (Å²) in [6.45, 7) is 0. The summed E-state index contributed by atoms with van der Waals surface area (Å²) in [4.78, 5) is 32.0. The van der Waals surface area contributed by atoms with Crippen molar-refractivity contribution < 1.29 is 32.2 Å². The molecule has 3 aliphatic rings. The third kappa shape index (κ3) is 4.04. The second-order valence-electron chi connectivity index (χ2n) is 8.65. The number of carbonyl (C=O) groups is 2. The van der Waals surface area contributed by atoms with E-state index in [0.29, 0.717) is 35.9 Å². The van der Waals surface area contributed by atoms with Gasteiger partial charge < -0.3 is 20.1 Å². The van der Waals surface area contributed by atoms with Gasteiger partial charge >= 0.3 is 12.2 Å². The molecule has 12 heteroatoms. The van der Waals surface area contributed by atoms with E-state index in [0.717, 1.165) is 29.5 Å². The molecule has 1 saturated carbocycles. The largest absolute Gasteiger partial charge is 0.487 e. The summed E-state index contributed by atoms with van der Waals surface area (Å²) in [5.74, 6) is 1.91. The Balaban J connectivity index is 1.13. The third-order valence-electron chi connectivity index (χ3n) is 6.28. The van der Waals surface area contributed by atoms with Crippen molar-refractivity contribution in [3.05, 3.63) is 65.5 Å². The summed E-state index contributed by atoms with van der Waals surface area (Å²) < 4.78 is 50.7. The summed E-state index contributed by atoms with van der Waals surface area (Å²) in [5.41, 5.74) is 0.771. The molecule has 3 atom stereocenters. The molecule has 0 radical (unpaired) electrons. The number of hydrogen-bond donors (Lipinski definition) is 3. The lowest BCUT2D eigenvalue weighted by Gasteiger charge is -2.19. The number of amides is 3. The van der Waals surface area contributed by atoms with Crippen molar-refractivity contribution in [1.29, 1.82) is 0 Å². The highest BCUT2D eigenvalue weighted by molar-refractivity contribution is 5.93. The van der Waals surface area contributed by atoms with Gasteiger partial charge in [0.15, 0.2) is 0 Å². The van der Waals surface area contributed by atoms with E-state index in [9.17, 15) is 22.8 Å². The molecule has 1 aliphatic carbocycles. The monoisotopic (exact) mass is 497 g/mol. The molecule has 3 aromatic rings. The van der Waals surface area contributed by atoms with Crippen LogP contribution in [-0.4, -0.2) is 34.1 Å². The minimum absolute atomic E-state index is 0.0898. The number of carbonyl (C=O) groups excluding carboxylic acids is 2. The Bertz CT molecular complexity index is 1400. The van der Waals surface area contributed by atoms with Crippen molar-refractivity contribution in [1.82, 2.24) is 15.3 Å². The molecule has 0 saturated heterocycles. The number of nitrogens with zero attached hydrogens (tertiary/aromatic N) is 2. The summed E-state index contributed by atoms with van der Waals surface area (Å²) >= 11 is 0. The van der Waals surface area contributed by atoms with Crippen molar-refractivity contribution in [2.24, 2.45) is 0 Å². The third-order valence-corrected chi connectivity index (χ3v) is 6.28. The highest BCUT2D eigenvalue weighted by Crippen LogP contribution is 2.54. The van der Waals surface area contributed by atoms with Crippen molar-refractivity contribution in [3.8, 4) is 17.2 Å². The molecule has 36 heavy (non-hydrogen) atoms. The molecular formula is C24H18F3N5O4. The Hall–Kier alpha value is -4.35. The first kappa shape index (κ1) is 22.1. The number of benzene rings is 1. The fraction of sp³-hybridized carbons (Fsp3) is 0.250. The van der Waals surface area contributed by atoms with Gasteiger partial charge in [0, 0.05) is 29.9 Å². The van der Waals surface area contributed by atoms with Gasteiger partial charge in [-0.1, -0.05) is 0 Å². The molecule has 9 nitrogen and oxygen atoms in total. The van der Waals surface area contributed by atoms with Crippen LogP contribution >= 0.6 is 0 Å². The molecule has 0 spiro atoms. The van der Waals surface area contributed by atoms with Crippen LogP contribution in [0.4, 0.5) is 29.6 Å². The van der Waals surface area contributed by atoms with Crippen LogP contribution in [0.15, 0.2) is 48.8 Å². The predicted molar refractivity (Wildman–Crippen MR) is 120 cm³/mol. The quantitative estimate of drug-likeness (QED) is 0.497. The number of urea groups is 1. The minimum Gasteiger partial charge on any atom is -0.487 e. The van der Waals surface area contributed by atoms with Crippen molar-refractivity contribution in [3.63, 3.8) is 0 Å². The maximum atomic E-state index is 12.9. The Morgan fingerprint density at radius 2 is 1.94 bits per heavy atom. The standard InChI is InChI=1S/C24H18F3N5O4/c25-24(26,27)11-5-7-28-17(9-11)30-23(34)32-20-19-14-10-12(1-3-15(14)36-21(19)20)35-16-6-8-29-22-13(16)2-4-18(33)31-22/h1,3,5-10,19-21H,2,4H2,(H,29,31,33)(H2,28,30,32,34)/t19?,20-,21?/m1/s1. The van der Waals surface area contributed by atoms with E-state index < -0.39 is 17.8 Å². The second kappa shape index (κ2) is 8.11. The molecule has 3 N–H and O–H groups in total. The molecule has 0 bridgehead atoms. The number of hydrogen-bond acceptors (Lipinski definition) is 6. The average molecular weight is 497 g/mol. The lowest BCUT2D eigenvalue weighted by Crippen LogP contribution is -2.34. The number of alkyl halides is 3. The van der Waals surface area contributed by atoms with E-state index in [-0.39, 0.29) is 29.8 Å². The lowest BCUT2D eigenvalue weighted by molar-refractivity contribution is -0.137. The topological polar surface area (TPSA) is 114 Å². The number of halogens is 3. The van der Waals surface area contributed by atoms with Gasteiger partial charge in [0.05, 0.1) is 17.5 Å². The summed E-state index contributed by atoms with van der Waals surface area (Å²) in [6.07, 6.45) is -1.40. The first-order valence-corrected chi connectivity index (χ1v) is 11.1. The highest BCUT2D eigenvalue weighted by atomic mass is 19.4. The number of fused-ring (bicyclic) bond motifs is 4. The Morgan fingerprint density at radius 1 is 1.11 bits per heavy atom. The number of rotatable bonds is 4. The molecule has 2 aliphatic heterocycles. The maximum Gasteiger partial charge on any atom is 0.416 e. The van der Waals surface area contributed by atoms with Crippen LogP contribution in [0.25, 0.3) is 0 Å². The second-order valence-corrected chi connectivity index (χ2v) is 8.65. The zero-order valence-corrected chi connectivity index (χ0v) is 18.4. The van der Waals surface area contributed by atoms with E-state index >= 15 is 0 Å². The van der Waals surface area contributed by atoms with Gasteiger partial charge in [0.1, 0.15) is 35.0 Å². The van der Waals surface area contributed by atoms with Crippen molar-refractivity contribution in [2.75, 3.05) is 10.6 Å². The number of aromatic nitrogens is 2. The van der Waals surface area contributed by atoms with Crippen LogP contribution in [0, 0.1) is 0 Å². The fourth-order valence-electron chi connectivity index (χ4n) is 4.54. The van der Waals surface area contributed by atoms with Crippen LogP contribution in [0.3, 0.4) is 0 Å². The Labute approximate surface area is 202 Å². The molecular weight excluding hydrogens is 479 g/mol. The van der Waals surface area contributed by atoms with Gasteiger partial charge in [-0.2, -0.15) is 13.2 Å². The molecule has 2 aromatic heterocycles. The first-order chi connectivity index (χ1) is 17.3. The molecule has 6 rings (SSSR count). The van der Waals surface area contributed by atoms with Crippen LogP contribution in [0.1, 0.15) is 29.0 Å². The molecule has 1 fully saturated rings. The van der Waals surface area contributed by atoms with Crippen LogP contribution in [0.5, 0.6) is 17.2 Å². The number of ether oxygens (including phenoxy) is 2. The van der Waals surface area contributed by atoms with E-state index in [2.05, 4.69) is 25.9 Å². The number of anilines is 2. The zero-order valence-electron chi connectivity index (χ0n) is 18.4. The average Bonchev–Trinajstić information content (AvgIpc) is 3.34. The molecule has 184 valence electrons. The highest BCUT2D eigenvalue weighted by Gasteiger charge is 2.59. The van der Waals surface area contributed by atoms with Crippen molar-refractivity contribution >= 4 is 23.6 Å². The molecule has 4 heterocycles. The van der Waals surface area contributed by atoms with Gasteiger partial charge in [-0.15, -0.1) is 0 Å². The summed E-state index contributed by atoms with van der Waals surface area (Å²) in [6, 6.07) is 7.70. The Morgan fingerprint density at radius 3 is 2.78 bits per heavy atom. The van der Waals surface area contributed by atoms with E-state index in [4.69, 9.17) is 9.47 Å². The maximum absolute atomic E-state index is 12.9. The smallest absolute Gasteiger partial charge is 0.416 e. The van der Waals surface area contributed by atoms with Gasteiger partial charge in [-0.3, -0.25) is 10.1 Å². The van der Waals surface area contributed by atoms with Crippen LogP contribution < -0.4 is 25.4 Å². The van der Waals surface area contributed by atoms with Crippen molar-refractivity contribution in [2.45, 2.75) is 37.1 Å². The van der Waals surface area contributed by atoms with E-state index in [1.807, 2.05) is 6.07 Å². The summed E-state index contributed by atoms with van der Waals surface area (Å²) in [5, 5.41) is 7.81. The molecule has 1 aromatic carbocycles. The summed E-state index contributed by atoms with van der Waals surface area (Å²) in [7, 11) is 0. The van der Waals surface area contributed by atoms with Gasteiger partial charge in [-0.25, -0.2) is 14.8 Å². The van der Waals surface area contributed by atoms with Gasteiger partial charge in [0.25, 0.3) is 0 Å². The number of nitrogens with one attached hydrogen (secondary N) is 3. The SMILES string of the molecule is O=C1CCc2c(Oc3ccc4c(c3)C3C(O4)[C@@H]3NC(=O)Nc3cc(C(F)(F)F)ccn3)ccnc2N1. The van der Waals surface area contributed by atoms with Gasteiger partial charge in [0.2, 0.25) is 5.91 Å². The fourth-order valence-corrected chi connectivity index (χ4v) is 4.54. The normalized spacial score (nSPS) is 21.3. The first-order valence-electron chi connectivity index (χ1n) is 11.1. The van der Waals surface area contributed by atoms with E-state index in [1.54, 1.807) is 24.4 Å². The zero-order chi connectivity index (χ0) is 25.0. The lowest BCUT2D eigenvalue weighted by atomic mass is 10.1. The molecule has 3 amide bonds. The molecule has 2 unspecified atom stereocenters. The Kier molecular flexibility index (Phi) is 4.99. The van der Waals surface area contributed by atoms with E-state index in [1.165, 1.54) is 0 Å². The van der Waals surface area contributed by atoms with Crippen LogP contribution in [0.2, 0.25) is 0 Å². The predicted octanol–water partition coefficient (Wildman–Crippen LogP) is 4.22. The van der Waals surface area contributed by atoms with Crippen LogP contribution in [-0.2, 0) is 17.4 Å².